The van der Waals surface area contributed by atoms with Crippen molar-refractivity contribution >= 4 is 17.5 Å². The molecule has 0 bridgehead atoms. The van der Waals surface area contributed by atoms with Crippen LogP contribution in [0.3, 0.4) is 0 Å². The molecular formula is C16H20F3N3O2. The fourth-order valence-electron chi connectivity index (χ4n) is 2.60. The summed E-state index contributed by atoms with van der Waals surface area (Å²) in [7, 11) is 0. The molecule has 8 heteroatoms. The Labute approximate surface area is 138 Å². The number of rotatable bonds is 5. The molecule has 1 aromatic carbocycles. The fraction of sp³-hybridized carbons (Fsp3) is 0.500. The molecule has 5 nitrogen and oxygen atoms in total. The number of nitrogens with zero attached hydrogens (tertiary/aromatic N) is 1. The average molecular weight is 343 g/mol. The third-order valence-corrected chi connectivity index (χ3v) is 3.81. The van der Waals surface area contributed by atoms with E-state index >= 15 is 0 Å². The highest BCUT2D eigenvalue weighted by Gasteiger charge is 2.28. The second kappa shape index (κ2) is 7.55. The summed E-state index contributed by atoms with van der Waals surface area (Å²) in [5.41, 5.74) is 1.67. The Morgan fingerprint density at radius 3 is 2.50 bits per heavy atom. The highest BCUT2D eigenvalue weighted by Crippen LogP contribution is 2.23. The van der Waals surface area contributed by atoms with Crippen LogP contribution < -0.4 is 10.6 Å². The first-order chi connectivity index (χ1) is 11.3. The highest BCUT2D eigenvalue weighted by molar-refractivity contribution is 6.01. The molecule has 1 aromatic rings. The van der Waals surface area contributed by atoms with Gasteiger partial charge in [-0.15, -0.1) is 0 Å². The summed E-state index contributed by atoms with van der Waals surface area (Å²) < 4.78 is 36.3. The first kappa shape index (κ1) is 18.1. The number of amides is 2. The minimum Gasteiger partial charge on any atom is -0.375 e. The van der Waals surface area contributed by atoms with Gasteiger partial charge in [-0.25, -0.2) is 0 Å². The predicted molar refractivity (Wildman–Crippen MR) is 83.9 cm³/mol. The zero-order valence-corrected chi connectivity index (χ0v) is 13.4. The Morgan fingerprint density at radius 2 is 1.88 bits per heavy atom. The Morgan fingerprint density at radius 1 is 1.21 bits per heavy atom. The molecule has 0 aromatic heterocycles. The molecule has 0 unspecified atom stereocenters. The summed E-state index contributed by atoms with van der Waals surface area (Å²) >= 11 is 0. The SMILES string of the molecule is Cc1cccc(C(=O)N2CCCC2)c1NCC(=O)NCC(F)(F)F. The molecule has 132 valence electrons. The van der Waals surface area contributed by atoms with E-state index in [2.05, 4.69) is 5.32 Å². The zero-order valence-electron chi connectivity index (χ0n) is 13.4. The van der Waals surface area contributed by atoms with Crippen LogP contribution in [0.4, 0.5) is 18.9 Å². The van der Waals surface area contributed by atoms with Crippen LogP contribution in [-0.2, 0) is 4.79 Å². The van der Waals surface area contributed by atoms with Crippen molar-refractivity contribution < 1.29 is 22.8 Å². The second-order valence-corrected chi connectivity index (χ2v) is 5.74. The average Bonchev–Trinajstić information content (AvgIpc) is 3.04. The van der Waals surface area contributed by atoms with E-state index in [0.29, 0.717) is 24.3 Å². The van der Waals surface area contributed by atoms with E-state index in [-0.39, 0.29) is 12.5 Å². The predicted octanol–water partition coefficient (Wildman–Crippen LogP) is 2.32. The largest absolute Gasteiger partial charge is 0.405 e. The van der Waals surface area contributed by atoms with Gasteiger partial charge in [0.2, 0.25) is 5.91 Å². The van der Waals surface area contributed by atoms with Gasteiger partial charge in [0.25, 0.3) is 5.91 Å². The molecule has 2 N–H and O–H groups in total. The third kappa shape index (κ3) is 4.87. The number of hydrogen-bond acceptors (Lipinski definition) is 3. The summed E-state index contributed by atoms with van der Waals surface area (Å²) in [6.07, 6.45) is -2.53. The Hall–Kier alpha value is -2.25. The molecule has 0 atom stereocenters. The van der Waals surface area contributed by atoms with E-state index in [1.807, 2.05) is 0 Å². The quantitative estimate of drug-likeness (QED) is 0.863. The normalized spacial score (nSPS) is 14.6. The molecule has 1 saturated heterocycles. The second-order valence-electron chi connectivity index (χ2n) is 5.74. The number of carbonyl (C=O) groups is 2. The van der Waals surface area contributed by atoms with Gasteiger partial charge in [-0.3, -0.25) is 9.59 Å². The number of carbonyl (C=O) groups excluding carboxylic acids is 2. The number of alkyl halides is 3. The maximum atomic E-state index is 12.6. The number of anilines is 1. The van der Waals surface area contributed by atoms with Crippen LogP contribution in [0, 0.1) is 6.92 Å². The summed E-state index contributed by atoms with van der Waals surface area (Å²) in [6.45, 7) is 1.45. The first-order valence-electron chi connectivity index (χ1n) is 7.74. The maximum Gasteiger partial charge on any atom is 0.405 e. The third-order valence-electron chi connectivity index (χ3n) is 3.81. The van der Waals surface area contributed by atoms with E-state index < -0.39 is 18.6 Å². The van der Waals surface area contributed by atoms with E-state index in [9.17, 15) is 22.8 Å². The van der Waals surface area contributed by atoms with E-state index in [0.717, 1.165) is 18.4 Å². The van der Waals surface area contributed by atoms with Crippen LogP contribution in [0.1, 0.15) is 28.8 Å². The van der Waals surface area contributed by atoms with Gasteiger partial charge in [-0.1, -0.05) is 12.1 Å². The number of nitrogens with one attached hydrogen (secondary N) is 2. The Kier molecular flexibility index (Phi) is 5.69. The van der Waals surface area contributed by atoms with Crippen molar-refractivity contribution in [3.05, 3.63) is 29.3 Å². The molecule has 0 radical (unpaired) electrons. The van der Waals surface area contributed by atoms with Crippen molar-refractivity contribution in [2.75, 3.05) is 31.5 Å². The number of benzene rings is 1. The van der Waals surface area contributed by atoms with Gasteiger partial charge in [0.15, 0.2) is 0 Å². The molecular weight excluding hydrogens is 323 g/mol. The molecule has 1 aliphatic heterocycles. The number of likely N-dealkylation sites (tertiary alicyclic amines) is 1. The van der Waals surface area contributed by atoms with Gasteiger partial charge in [0.05, 0.1) is 17.8 Å². The van der Waals surface area contributed by atoms with Crippen LogP contribution in [0.25, 0.3) is 0 Å². The number of aryl methyl sites for hydroxylation is 1. The topological polar surface area (TPSA) is 61.4 Å². The minimum atomic E-state index is -4.45. The van der Waals surface area contributed by atoms with Crippen molar-refractivity contribution in [3.63, 3.8) is 0 Å². The van der Waals surface area contributed by atoms with Crippen LogP contribution in [-0.4, -0.2) is 49.1 Å². The van der Waals surface area contributed by atoms with Crippen LogP contribution in [0.5, 0.6) is 0 Å². The van der Waals surface area contributed by atoms with Crippen LogP contribution in [0.15, 0.2) is 18.2 Å². The van der Waals surface area contributed by atoms with Gasteiger partial charge >= 0.3 is 6.18 Å². The molecule has 1 fully saturated rings. The molecule has 2 rings (SSSR count). The lowest BCUT2D eigenvalue weighted by molar-refractivity contribution is -0.137. The fourth-order valence-corrected chi connectivity index (χ4v) is 2.60. The van der Waals surface area contributed by atoms with E-state index in [1.165, 1.54) is 0 Å². The molecule has 1 heterocycles. The highest BCUT2D eigenvalue weighted by atomic mass is 19.4. The van der Waals surface area contributed by atoms with Crippen molar-refractivity contribution in [3.8, 4) is 0 Å². The summed E-state index contributed by atoms with van der Waals surface area (Å²) in [5, 5.41) is 4.59. The number of para-hydroxylation sites is 1. The number of halogens is 3. The van der Waals surface area contributed by atoms with Crippen LogP contribution in [0.2, 0.25) is 0 Å². The molecule has 2 amide bonds. The molecule has 0 spiro atoms. The lowest BCUT2D eigenvalue weighted by Crippen LogP contribution is -2.37. The van der Waals surface area contributed by atoms with Crippen LogP contribution >= 0.6 is 0 Å². The molecule has 0 saturated carbocycles. The van der Waals surface area contributed by atoms with E-state index in [4.69, 9.17) is 0 Å². The molecule has 0 aliphatic carbocycles. The molecule has 1 aliphatic rings. The van der Waals surface area contributed by atoms with Crippen molar-refractivity contribution in [1.82, 2.24) is 10.2 Å². The van der Waals surface area contributed by atoms with Crippen molar-refractivity contribution in [1.29, 1.82) is 0 Å². The standard InChI is InChI=1S/C16H20F3N3O2/c1-11-5-4-6-12(15(24)22-7-2-3-8-22)14(11)20-9-13(23)21-10-16(17,18)19/h4-6,20H,2-3,7-10H2,1H3,(H,21,23). The van der Waals surface area contributed by atoms with Gasteiger partial charge in [0.1, 0.15) is 6.54 Å². The first-order valence-corrected chi connectivity index (χ1v) is 7.74. The van der Waals surface area contributed by atoms with Gasteiger partial charge in [0, 0.05) is 13.1 Å². The maximum absolute atomic E-state index is 12.6. The van der Waals surface area contributed by atoms with Gasteiger partial charge in [-0.05, 0) is 31.4 Å². The lowest BCUT2D eigenvalue weighted by Gasteiger charge is -2.19. The minimum absolute atomic E-state index is 0.130. The number of hydrogen-bond donors (Lipinski definition) is 2. The lowest BCUT2D eigenvalue weighted by atomic mass is 10.1. The summed E-state index contributed by atoms with van der Waals surface area (Å²) in [5.74, 6) is -0.912. The summed E-state index contributed by atoms with van der Waals surface area (Å²) in [4.78, 5) is 25.8. The molecule has 24 heavy (non-hydrogen) atoms. The van der Waals surface area contributed by atoms with Crippen molar-refractivity contribution in [2.45, 2.75) is 25.9 Å². The zero-order chi connectivity index (χ0) is 17.7. The van der Waals surface area contributed by atoms with Crippen molar-refractivity contribution in [2.24, 2.45) is 0 Å². The smallest absolute Gasteiger partial charge is 0.375 e. The Bertz CT molecular complexity index is 611. The summed E-state index contributed by atoms with van der Waals surface area (Å²) in [6, 6.07) is 5.17. The van der Waals surface area contributed by atoms with Gasteiger partial charge in [-0.2, -0.15) is 13.2 Å². The Balaban J connectivity index is 2.04. The monoisotopic (exact) mass is 343 g/mol. The van der Waals surface area contributed by atoms with Gasteiger partial charge < -0.3 is 15.5 Å². The van der Waals surface area contributed by atoms with E-state index in [1.54, 1.807) is 35.3 Å².